The molecule has 2 unspecified atom stereocenters. The molecule has 0 saturated carbocycles. The summed E-state index contributed by atoms with van der Waals surface area (Å²) in [5.74, 6) is 0.305. The minimum atomic E-state index is -0.407. The molecule has 0 radical (unpaired) electrons. The molecule has 1 amide bonds. The highest BCUT2D eigenvalue weighted by molar-refractivity contribution is 5.93. The molecule has 94 valence electrons. The van der Waals surface area contributed by atoms with Crippen molar-refractivity contribution in [3.05, 3.63) is 0 Å². The summed E-state index contributed by atoms with van der Waals surface area (Å²) in [7, 11) is 0. The first kappa shape index (κ1) is 11.8. The predicted molar refractivity (Wildman–Crippen MR) is 59.7 cm³/mol. The van der Waals surface area contributed by atoms with Gasteiger partial charge >= 0.3 is 6.01 Å². The second-order valence-electron chi connectivity index (χ2n) is 3.95. The maximum absolute atomic E-state index is 11.8. The summed E-state index contributed by atoms with van der Waals surface area (Å²) in [6.45, 7) is 4.93. The summed E-state index contributed by atoms with van der Waals surface area (Å²) in [5, 5.41) is 9.00. The van der Waals surface area contributed by atoms with Gasteiger partial charge in [-0.15, -0.1) is 5.10 Å². The van der Waals surface area contributed by atoms with E-state index in [1.165, 1.54) is 0 Å². The Balaban J connectivity index is 1.93. The van der Waals surface area contributed by atoms with Crippen molar-refractivity contribution in [2.45, 2.75) is 26.4 Å². The molecule has 0 spiro atoms. The molecule has 17 heavy (non-hydrogen) atoms. The third kappa shape index (κ3) is 2.73. The molecule has 1 aromatic heterocycles. The maximum atomic E-state index is 11.8. The highest BCUT2D eigenvalue weighted by Crippen LogP contribution is 2.21. The van der Waals surface area contributed by atoms with E-state index >= 15 is 0 Å². The van der Waals surface area contributed by atoms with Gasteiger partial charge in [-0.1, -0.05) is 6.92 Å². The van der Waals surface area contributed by atoms with Gasteiger partial charge in [0.25, 0.3) is 5.91 Å². The number of anilines is 1. The van der Waals surface area contributed by atoms with Crippen LogP contribution in [0.1, 0.15) is 20.3 Å². The maximum Gasteiger partial charge on any atom is 0.337 e. The quantitative estimate of drug-likeness (QED) is 0.803. The van der Waals surface area contributed by atoms with Crippen LogP contribution in [0, 0.1) is 5.92 Å². The molecule has 1 saturated heterocycles. The van der Waals surface area contributed by atoms with Crippen LogP contribution in [0.5, 0.6) is 6.01 Å². The van der Waals surface area contributed by atoms with E-state index in [-0.39, 0.29) is 23.8 Å². The largest absolute Gasteiger partial charge is 0.463 e. The monoisotopic (exact) mass is 240 g/mol. The lowest BCUT2D eigenvalue weighted by molar-refractivity contribution is -0.126. The van der Waals surface area contributed by atoms with Crippen LogP contribution >= 0.6 is 0 Å². The number of amides is 1. The van der Waals surface area contributed by atoms with E-state index in [1.807, 2.05) is 13.8 Å². The number of ether oxygens (including phenoxy) is 2. The summed E-state index contributed by atoms with van der Waals surface area (Å²) >= 11 is 0. The third-order valence-corrected chi connectivity index (χ3v) is 2.63. The molecule has 0 aliphatic carbocycles. The van der Waals surface area contributed by atoms with Crippen LogP contribution in [0.3, 0.4) is 0 Å². The fourth-order valence-corrected chi connectivity index (χ4v) is 1.71. The molecule has 2 rings (SSSR count). The minimum Gasteiger partial charge on any atom is -0.463 e. The Morgan fingerprint density at radius 3 is 3.18 bits per heavy atom. The van der Waals surface area contributed by atoms with E-state index in [1.54, 1.807) is 0 Å². The first-order valence-electron chi connectivity index (χ1n) is 5.68. The second kappa shape index (κ2) is 5.13. The Morgan fingerprint density at radius 2 is 2.53 bits per heavy atom. The average Bonchev–Trinajstić information content (AvgIpc) is 2.88. The molecule has 7 heteroatoms. The minimum absolute atomic E-state index is 0.200. The number of carbonyl (C=O) groups is 1. The number of nitrogens with zero attached hydrogens (tertiary/aromatic N) is 2. The zero-order valence-electron chi connectivity index (χ0n) is 9.90. The second-order valence-corrected chi connectivity index (χ2v) is 3.95. The number of nitrogens with one attached hydrogen (secondary N) is 2. The van der Waals surface area contributed by atoms with Crippen LogP contribution in [-0.4, -0.2) is 40.4 Å². The summed E-state index contributed by atoms with van der Waals surface area (Å²) in [6, 6.07) is 0.225. The van der Waals surface area contributed by atoms with Gasteiger partial charge in [0.2, 0.25) is 5.95 Å². The van der Waals surface area contributed by atoms with E-state index in [0.29, 0.717) is 13.2 Å². The Hall–Kier alpha value is -1.63. The van der Waals surface area contributed by atoms with Crippen molar-refractivity contribution >= 4 is 11.9 Å². The van der Waals surface area contributed by atoms with Gasteiger partial charge in [-0.25, -0.2) is 5.10 Å². The Labute approximate surface area is 98.9 Å². The zero-order chi connectivity index (χ0) is 12.3. The fourth-order valence-electron chi connectivity index (χ4n) is 1.71. The number of aromatic nitrogens is 3. The van der Waals surface area contributed by atoms with Gasteiger partial charge in [-0.2, -0.15) is 4.98 Å². The number of aromatic amines is 1. The van der Waals surface area contributed by atoms with Gasteiger partial charge in [0.15, 0.2) is 0 Å². The van der Waals surface area contributed by atoms with Gasteiger partial charge in [0.05, 0.1) is 6.61 Å². The number of H-pyrrole nitrogens is 1. The Bertz CT molecular complexity index is 393. The lowest BCUT2D eigenvalue weighted by atomic mass is 10.0. The number of rotatable bonds is 4. The summed E-state index contributed by atoms with van der Waals surface area (Å²) in [6.07, 6.45) is 0.495. The molecular weight excluding hydrogens is 224 g/mol. The molecular formula is C10H16N4O3. The Kier molecular flexibility index (Phi) is 3.58. The van der Waals surface area contributed by atoms with E-state index in [2.05, 4.69) is 20.5 Å². The SMILES string of the molecule is CCOc1n[nH]c(NC(=O)C2OCCC2C)n1. The zero-order valence-corrected chi connectivity index (χ0v) is 9.90. The summed E-state index contributed by atoms with van der Waals surface area (Å²) in [4.78, 5) is 15.8. The van der Waals surface area contributed by atoms with Crippen molar-refractivity contribution in [2.24, 2.45) is 5.92 Å². The topological polar surface area (TPSA) is 89.1 Å². The molecule has 1 aliphatic heterocycles. The smallest absolute Gasteiger partial charge is 0.337 e. The van der Waals surface area contributed by atoms with Gasteiger partial charge in [0.1, 0.15) is 6.10 Å². The van der Waals surface area contributed by atoms with Gasteiger partial charge in [-0.3, -0.25) is 10.1 Å². The van der Waals surface area contributed by atoms with Crippen molar-refractivity contribution in [2.75, 3.05) is 18.5 Å². The molecule has 2 atom stereocenters. The third-order valence-electron chi connectivity index (χ3n) is 2.63. The number of hydrogen-bond acceptors (Lipinski definition) is 5. The predicted octanol–water partition coefficient (Wildman–Crippen LogP) is 0.567. The van der Waals surface area contributed by atoms with Gasteiger partial charge in [0, 0.05) is 6.61 Å². The van der Waals surface area contributed by atoms with Crippen LogP contribution in [0.2, 0.25) is 0 Å². The lowest BCUT2D eigenvalue weighted by Gasteiger charge is -2.12. The molecule has 1 aromatic rings. The van der Waals surface area contributed by atoms with E-state index in [0.717, 1.165) is 6.42 Å². The Morgan fingerprint density at radius 1 is 1.71 bits per heavy atom. The molecule has 2 N–H and O–H groups in total. The molecule has 1 aliphatic rings. The highest BCUT2D eigenvalue weighted by Gasteiger charge is 2.31. The first-order valence-corrected chi connectivity index (χ1v) is 5.68. The van der Waals surface area contributed by atoms with Crippen LogP contribution in [0.15, 0.2) is 0 Å². The van der Waals surface area contributed by atoms with Gasteiger partial charge < -0.3 is 9.47 Å². The molecule has 7 nitrogen and oxygen atoms in total. The van der Waals surface area contributed by atoms with Crippen molar-refractivity contribution in [1.29, 1.82) is 0 Å². The van der Waals surface area contributed by atoms with Crippen LogP contribution < -0.4 is 10.1 Å². The van der Waals surface area contributed by atoms with E-state index in [9.17, 15) is 4.79 Å². The number of carbonyl (C=O) groups excluding carboxylic acids is 1. The molecule has 1 fully saturated rings. The average molecular weight is 240 g/mol. The highest BCUT2D eigenvalue weighted by atomic mass is 16.5. The number of hydrogen-bond donors (Lipinski definition) is 2. The van der Waals surface area contributed by atoms with Crippen LogP contribution in [0.4, 0.5) is 5.95 Å². The first-order chi connectivity index (χ1) is 8.20. The van der Waals surface area contributed by atoms with Crippen molar-refractivity contribution in [3.63, 3.8) is 0 Å². The summed E-state index contributed by atoms with van der Waals surface area (Å²) < 4.78 is 10.4. The van der Waals surface area contributed by atoms with Crippen molar-refractivity contribution < 1.29 is 14.3 Å². The van der Waals surface area contributed by atoms with Gasteiger partial charge in [-0.05, 0) is 19.3 Å². The fraction of sp³-hybridized carbons (Fsp3) is 0.700. The standard InChI is InChI=1S/C10H16N4O3/c1-3-16-10-12-9(13-14-10)11-8(15)7-6(2)4-5-17-7/h6-7H,3-5H2,1-2H3,(H2,11,12,13,14,15). The van der Waals surface area contributed by atoms with E-state index in [4.69, 9.17) is 9.47 Å². The van der Waals surface area contributed by atoms with E-state index < -0.39 is 6.10 Å². The lowest BCUT2D eigenvalue weighted by Crippen LogP contribution is -2.31. The molecule has 0 bridgehead atoms. The molecule has 2 heterocycles. The van der Waals surface area contributed by atoms with Crippen LogP contribution in [0.25, 0.3) is 0 Å². The molecule has 0 aromatic carbocycles. The van der Waals surface area contributed by atoms with Crippen LogP contribution in [-0.2, 0) is 9.53 Å². The normalized spacial score (nSPS) is 23.6. The van der Waals surface area contributed by atoms with Crippen molar-refractivity contribution in [1.82, 2.24) is 15.2 Å². The summed E-state index contributed by atoms with van der Waals surface area (Å²) in [5.41, 5.74) is 0. The van der Waals surface area contributed by atoms with Crippen molar-refractivity contribution in [3.8, 4) is 6.01 Å².